The second-order valence-electron chi connectivity index (χ2n) is 8.90. The van der Waals surface area contributed by atoms with Gasteiger partial charge in [0.15, 0.2) is 0 Å². The number of nitrogens with one attached hydrogen (secondary N) is 1. The third-order valence-electron chi connectivity index (χ3n) is 6.69. The summed E-state index contributed by atoms with van der Waals surface area (Å²) in [5.74, 6) is 1.13. The third-order valence-corrected chi connectivity index (χ3v) is 7.70. The number of methoxy groups -OCH3 is 1. The van der Waals surface area contributed by atoms with Crippen molar-refractivity contribution < 1.29 is 14.3 Å². The van der Waals surface area contributed by atoms with Crippen LogP contribution in [-0.4, -0.2) is 48.1 Å². The Labute approximate surface area is 208 Å². The highest BCUT2D eigenvalue weighted by molar-refractivity contribution is 7.09. The fraction of sp³-hybridized carbons (Fsp3) is 0.333. The van der Waals surface area contributed by atoms with Crippen LogP contribution in [0.25, 0.3) is 0 Å². The largest absolute Gasteiger partial charge is 0.497 e. The van der Waals surface area contributed by atoms with E-state index in [2.05, 4.69) is 21.4 Å². The number of aliphatic imine (C=N–C) groups is 1. The lowest BCUT2D eigenvalue weighted by molar-refractivity contribution is -0.132. The summed E-state index contributed by atoms with van der Waals surface area (Å²) in [6, 6.07) is 15.6. The number of aromatic nitrogens is 1. The van der Waals surface area contributed by atoms with E-state index in [4.69, 9.17) is 4.74 Å². The lowest BCUT2D eigenvalue weighted by Gasteiger charge is -2.31. The third kappa shape index (κ3) is 5.27. The van der Waals surface area contributed by atoms with E-state index < -0.39 is 0 Å². The molecule has 1 atom stereocenters. The minimum atomic E-state index is -0.172. The first-order chi connectivity index (χ1) is 17.1. The molecule has 1 fully saturated rings. The first-order valence-corrected chi connectivity index (χ1v) is 12.8. The highest BCUT2D eigenvalue weighted by Gasteiger charge is 2.29. The van der Waals surface area contributed by atoms with Gasteiger partial charge in [0, 0.05) is 49.5 Å². The standard InChI is InChI=1S/C27H28N4O3S/c1-34-21-8-6-18(7-9-21)15-29-26(33)24-17-35-27(30-24)19-10-12-31(13-11-19)25(32)14-20-16-28-23-5-3-2-4-22(20)23/h2-9,16-17,19-20H,10-15H2,1H3,(H,29,33). The second kappa shape index (κ2) is 10.4. The minimum Gasteiger partial charge on any atom is -0.497 e. The van der Waals surface area contributed by atoms with Crippen molar-refractivity contribution >= 4 is 35.1 Å². The number of carbonyl (C=O) groups excluding carboxylic acids is 2. The Morgan fingerprint density at radius 3 is 2.66 bits per heavy atom. The maximum atomic E-state index is 12.9. The number of piperidine rings is 1. The van der Waals surface area contributed by atoms with Crippen LogP contribution in [0.15, 0.2) is 58.9 Å². The maximum absolute atomic E-state index is 12.9. The van der Waals surface area contributed by atoms with Crippen molar-refractivity contribution in [2.24, 2.45) is 4.99 Å². The number of likely N-dealkylation sites (tertiary alicyclic amines) is 1. The van der Waals surface area contributed by atoms with Gasteiger partial charge in [-0.3, -0.25) is 14.6 Å². The van der Waals surface area contributed by atoms with Crippen LogP contribution in [0.1, 0.15) is 57.7 Å². The van der Waals surface area contributed by atoms with E-state index in [1.54, 1.807) is 7.11 Å². The molecule has 0 saturated carbocycles. The number of para-hydroxylation sites is 1. The van der Waals surface area contributed by atoms with Crippen LogP contribution >= 0.6 is 11.3 Å². The van der Waals surface area contributed by atoms with Crippen LogP contribution in [0, 0.1) is 0 Å². The summed E-state index contributed by atoms with van der Waals surface area (Å²) in [4.78, 5) is 36.5. The Balaban J connectivity index is 1.10. The van der Waals surface area contributed by atoms with Crippen LogP contribution < -0.4 is 10.1 Å². The van der Waals surface area contributed by atoms with Gasteiger partial charge in [-0.25, -0.2) is 4.98 Å². The van der Waals surface area contributed by atoms with Crippen molar-refractivity contribution in [1.29, 1.82) is 0 Å². The highest BCUT2D eigenvalue weighted by Crippen LogP contribution is 2.35. The molecule has 35 heavy (non-hydrogen) atoms. The van der Waals surface area contributed by atoms with E-state index in [0.29, 0.717) is 31.7 Å². The zero-order valence-electron chi connectivity index (χ0n) is 19.6. The van der Waals surface area contributed by atoms with Crippen LogP contribution in [-0.2, 0) is 11.3 Å². The summed E-state index contributed by atoms with van der Waals surface area (Å²) in [7, 11) is 1.63. The van der Waals surface area contributed by atoms with E-state index in [0.717, 1.165) is 40.4 Å². The number of hydrogen-bond donors (Lipinski definition) is 1. The molecular formula is C27H28N4O3S. The van der Waals surface area contributed by atoms with Crippen LogP contribution in [0.3, 0.4) is 0 Å². The quantitative estimate of drug-likeness (QED) is 0.524. The molecule has 2 aromatic carbocycles. The van der Waals surface area contributed by atoms with Gasteiger partial charge < -0.3 is 15.0 Å². The summed E-state index contributed by atoms with van der Waals surface area (Å²) in [6.45, 7) is 1.87. The molecule has 0 radical (unpaired) electrons. The first kappa shape index (κ1) is 23.2. The van der Waals surface area contributed by atoms with Crippen LogP contribution in [0.4, 0.5) is 5.69 Å². The highest BCUT2D eigenvalue weighted by atomic mass is 32.1. The molecule has 1 unspecified atom stereocenters. The van der Waals surface area contributed by atoms with Gasteiger partial charge in [-0.1, -0.05) is 30.3 Å². The van der Waals surface area contributed by atoms with E-state index in [9.17, 15) is 9.59 Å². The Morgan fingerprint density at radius 1 is 1.11 bits per heavy atom. The maximum Gasteiger partial charge on any atom is 0.271 e. The molecule has 2 amide bonds. The number of hydrogen-bond acceptors (Lipinski definition) is 6. The van der Waals surface area contributed by atoms with Crippen molar-refractivity contribution in [2.75, 3.05) is 20.2 Å². The van der Waals surface area contributed by atoms with E-state index in [-0.39, 0.29) is 23.7 Å². The second-order valence-corrected chi connectivity index (χ2v) is 9.79. The predicted octanol–water partition coefficient (Wildman–Crippen LogP) is 4.68. The fourth-order valence-electron chi connectivity index (χ4n) is 4.62. The Bertz CT molecular complexity index is 1230. The SMILES string of the molecule is COc1ccc(CNC(=O)c2csc(C3CCN(C(=O)CC4C=Nc5ccccc54)CC3)n2)cc1. The zero-order chi connectivity index (χ0) is 24.2. The minimum absolute atomic E-state index is 0.0642. The fourth-order valence-corrected chi connectivity index (χ4v) is 5.59. The number of ether oxygens (including phenoxy) is 1. The molecule has 3 aromatic rings. The molecule has 0 aliphatic carbocycles. The average molecular weight is 489 g/mol. The Kier molecular flexibility index (Phi) is 6.90. The molecule has 0 bridgehead atoms. The zero-order valence-corrected chi connectivity index (χ0v) is 20.5. The lowest BCUT2D eigenvalue weighted by atomic mass is 9.94. The lowest BCUT2D eigenvalue weighted by Crippen LogP contribution is -2.38. The van der Waals surface area contributed by atoms with Crippen molar-refractivity contribution in [3.05, 3.63) is 75.7 Å². The van der Waals surface area contributed by atoms with E-state index in [1.807, 2.05) is 59.0 Å². The van der Waals surface area contributed by atoms with Crippen molar-refractivity contribution in [2.45, 2.75) is 37.6 Å². The van der Waals surface area contributed by atoms with Gasteiger partial charge in [-0.05, 0) is 42.2 Å². The predicted molar refractivity (Wildman–Crippen MR) is 137 cm³/mol. The topological polar surface area (TPSA) is 83.9 Å². The Hall–Kier alpha value is -3.52. The molecule has 7 nitrogen and oxygen atoms in total. The molecule has 0 spiro atoms. The normalized spacial score (nSPS) is 17.3. The molecule has 8 heteroatoms. The summed E-state index contributed by atoms with van der Waals surface area (Å²) >= 11 is 1.53. The molecule has 2 aliphatic heterocycles. The van der Waals surface area contributed by atoms with E-state index in [1.165, 1.54) is 11.3 Å². The van der Waals surface area contributed by atoms with Gasteiger partial charge in [0.05, 0.1) is 17.8 Å². The Morgan fingerprint density at radius 2 is 1.89 bits per heavy atom. The van der Waals surface area contributed by atoms with Crippen molar-refractivity contribution in [1.82, 2.24) is 15.2 Å². The number of benzene rings is 2. The summed E-state index contributed by atoms with van der Waals surface area (Å²) in [5, 5.41) is 5.74. The molecule has 5 rings (SSSR count). The van der Waals surface area contributed by atoms with E-state index >= 15 is 0 Å². The van der Waals surface area contributed by atoms with Gasteiger partial charge in [-0.15, -0.1) is 11.3 Å². The number of carbonyl (C=O) groups is 2. The first-order valence-electron chi connectivity index (χ1n) is 11.9. The van der Waals surface area contributed by atoms with Gasteiger partial charge in [0.25, 0.3) is 5.91 Å². The van der Waals surface area contributed by atoms with Crippen molar-refractivity contribution in [3.63, 3.8) is 0 Å². The van der Waals surface area contributed by atoms with Crippen molar-refractivity contribution in [3.8, 4) is 5.75 Å². The number of thiazole rings is 1. The molecule has 180 valence electrons. The molecule has 1 N–H and O–H groups in total. The monoisotopic (exact) mass is 488 g/mol. The van der Waals surface area contributed by atoms with Gasteiger partial charge in [0.2, 0.25) is 5.91 Å². The average Bonchev–Trinajstić information content (AvgIpc) is 3.56. The molecule has 1 aromatic heterocycles. The van der Waals surface area contributed by atoms with Gasteiger partial charge in [0.1, 0.15) is 11.4 Å². The molecular weight excluding hydrogens is 460 g/mol. The summed E-state index contributed by atoms with van der Waals surface area (Å²) in [5.41, 5.74) is 3.56. The van der Waals surface area contributed by atoms with Crippen LogP contribution in [0.2, 0.25) is 0 Å². The smallest absolute Gasteiger partial charge is 0.271 e. The summed E-state index contributed by atoms with van der Waals surface area (Å²) < 4.78 is 5.16. The number of amides is 2. The number of rotatable bonds is 7. The number of fused-ring (bicyclic) bond motifs is 1. The summed E-state index contributed by atoms with van der Waals surface area (Å²) in [6.07, 6.45) is 4.08. The van der Waals surface area contributed by atoms with Gasteiger partial charge >= 0.3 is 0 Å². The molecule has 3 heterocycles. The number of nitrogens with zero attached hydrogens (tertiary/aromatic N) is 3. The molecule has 1 saturated heterocycles. The van der Waals surface area contributed by atoms with Crippen LogP contribution in [0.5, 0.6) is 5.75 Å². The van der Waals surface area contributed by atoms with Gasteiger partial charge in [-0.2, -0.15) is 0 Å². The molecule has 2 aliphatic rings.